The van der Waals surface area contributed by atoms with Gasteiger partial charge in [-0.2, -0.15) is 0 Å². The SMILES string of the molecule is C[C@@H]1O[C@@H](O[C@@H]2[C@H](OC(=O)c3ccccc3)[C@H](OC(=O)c3ccccc3)[C@H](C)O[C@H]2O)[C@H](OC(=O)c2ccccc2)[C@H](O)[C@H]1OC(=O)c1ccccc1. The Morgan fingerprint density at radius 2 is 0.792 bits per heavy atom. The summed E-state index contributed by atoms with van der Waals surface area (Å²) in [5.74, 6) is -3.23. The summed E-state index contributed by atoms with van der Waals surface area (Å²) >= 11 is 0. The van der Waals surface area contributed by atoms with E-state index in [1.807, 2.05) is 0 Å². The molecule has 6 rings (SSSR count). The summed E-state index contributed by atoms with van der Waals surface area (Å²) in [4.78, 5) is 53.2. The Bertz CT molecular complexity index is 1840. The van der Waals surface area contributed by atoms with E-state index in [-0.39, 0.29) is 22.3 Å². The highest BCUT2D eigenvalue weighted by Crippen LogP contribution is 2.34. The van der Waals surface area contributed by atoms with Gasteiger partial charge in [-0.3, -0.25) is 0 Å². The zero-order valence-electron chi connectivity index (χ0n) is 28.7. The summed E-state index contributed by atoms with van der Waals surface area (Å²) in [5, 5.41) is 23.0. The molecule has 2 N–H and O–H groups in total. The quantitative estimate of drug-likeness (QED) is 0.177. The van der Waals surface area contributed by atoms with Crippen LogP contribution in [0.1, 0.15) is 55.3 Å². The normalized spacial score (nSPS) is 28.2. The smallest absolute Gasteiger partial charge is 0.338 e. The van der Waals surface area contributed by atoms with Crippen molar-refractivity contribution < 1.29 is 62.5 Å². The molecule has 10 atom stereocenters. The largest absolute Gasteiger partial charge is 0.453 e. The molecule has 0 radical (unpaired) electrons. The molecule has 4 aromatic rings. The minimum Gasteiger partial charge on any atom is -0.453 e. The first-order chi connectivity index (χ1) is 25.6. The molecule has 276 valence electrons. The molecule has 2 heterocycles. The van der Waals surface area contributed by atoms with Crippen molar-refractivity contribution in [3.63, 3.8) is 0 Å². The second-order valence-corrected chi connectivity index (χ2v) is 12.5. The van der Waals surface area contributed by atoms with Crippen LogP contribution in [0.4, 0.5) is 0 Å². The Balaban J connectivity index is 1.32. The van der Waals surface area contributed by atoms with E-state index in [1.54, 1.807) is 72.8 Å². The van der Waals surface area contributed by atoms with Crippen molar-refractivity contribution in [2.45, 2.75) is 75.3 Å². The molecule has 2 aliphatic heterocycles. The number of benzene rings is 4. The monoisotopic (exact) mass is 726 g/mol. The van der Waals surface area contributed by atoms with E-state index in [4.69, 9.17) is 33.2 Å². The molecular formula is C40H38O13. The van der Waals surface area contributed by atoms with Crippen LogP contribution in [0.15, 0.2) is 121 Å². The lowest BCUT2D eigenvalue weighted by Crippen LogP contribution is -2.65. The highest BCUT2D eigenvalue weighted by Gasteiger charge is 2.54. The van der Waals surface area contributed by atoms with Crippen LogP contribution in [0.5, 0.6) is 0 Å². The summed E-state index contributed by atoms with van der Waals surface area (Å²) in [7, 11) is 0. The number of carbonyl (C=O) groups is 4. The van der Waals surface area contributed by atoms with E-state index in [9.17, 15) is 29.4 Å². The standard InChI is InChI=1S/C40H38O13/c1-23-30(49-35(42)25-15-7-3-8-16-25)29(41)32(51-37(44)27-19-11-5-12-20-27)40(48-23)53-34-33(52-38(45)28-21-13-6-14-22-28)31(24(2)47-39(34)46)50-36(43)26-17-9-4-10-18-26/h3-24,29-34,39-41,46H,1-2H3/t23-,24-,29+,30-,31+,32+,33+,34+,39+,40-/m0/s1. The maximum Gasteiger partial charge on any atom is 0.338 e. The van der Waals surface area contributed by atoms with Gasteiger partial charge < -0.3 is 43.4 Å². The molecule has 53 heavy (non-hydrogen) atoms. The first-order valence-electron chi connectivity index (χ1n) is 17.0. The number of hydrogen-bond acceptors (Lipinski definition) is 13. The van der Waals surface area contributed by atoms with Crippen molar-refractivity contribution in [1.82, 2.24) is 0 Å². The Labute approximate surface area is 304 Å². The Hall–Kier alpha value is -5.44. The third-order valence-electron chi connectivity index (χ3n) is 8.80. The van der Waals surface area contributed by atoms with Gasteiger partial charge in [-0.1, -0.05) is 72.8 Å². The van der Waals surface area contributed by atoms with E-state index in [1.165, 1.54) is 62.4 Å². The van der Waals surface area contributed by atoms with Crippen LogP contribution in [0.2, 0.25) is 0 Å². The Kier molecular flexibility index (Phi) is 11.9. The third kappa shape index (κ3) is 8.79. The van der Waals surface area contributed by atoms with Gasteiger partial charge in [0, 0.05) is 0 Å². The fraction of sp³-hybridized carbons (Fsp3) is 0.300. The van der Waals surface area contributed by atoms with Crippen LogP contribution in [-0.2, 0) is 33.2 Å². The fourth-order valence-corrected chi connectivity index (χ4v) is 6.04. The average molecular weight is 727 g/mol. The maximum atomic E-state index is 13.5. The summed E-state index contributed by atoms with van der Waals surface area (Å²) in [5.41, 5.74) is 0.697. The molecule has 0 unspecified atom stereocenters. The van der Waals surface area contributed by atoms with Gasteiger partial charge in [0.25, 0.3) is 0 Å². The highest BCUT2D eigenvalue weighted by molar-refractivity contribution is 5.91. The van der Waals surface area contributed by atoms with E-state index in [0.717, 1.165) is 0 Å². The second kappa shape index (κ2) is 16.9. The van der Waals surface area contributed by atoms with Crippen molar-refractivity contribution in [3.8, 4) is 0 Å². The summed E-state index contributed by atoms with van der Waals surface area (Å²) in [6.45, 7) is 3.02. The van der Waals surface area contributed by atoms with Crippen molar-refractivity contribution >= 4 is 23.9 Å². The van der Waals surface area contributed by atoms with Gasteiger partial charge in [-0.15, -0.1) is 0 Å². The minimum atomic E-state index is -1.81. The molecule has 2 aliphatic rings. The molecule has 0 saturated carbocycles. The van der Waals surface area contributed by atoms with Crippen LogP contribution in [0, 0.1) is 0 Å². The maximum absolute atomic E-state index is 13.5. The molecular weight excluding hydrogens is 688 g/mol. The van der Waals surface area contributed by atoms with Crippen molar-refractivity contribution in [3.05, 3.63) is 144 Å². The number of rotatable bonds is 10. The lowest BCUT2D eigenvalue weighted by atomic mass is 9.97. The lowest BCUT2D eigenvalue weighted by molar-refractivity contribution is -0.353. The molecule has 0 amide bonds. The van der Waals surface area contributed by atoms with Crippen molar-refractivity contribution in [2.24, 2.45) is 0 Å². The van der Waals surface area contributed by atoms with Gasteiger partial charge in [0.2, 0.25) is 0 Å². The minimum absolute atomic E-state index is 0.132. The predicted molar refractivity (Wildman–Crippen MR) is 184 cm³/mol. The zero-order chi connectivity index (χ0) is 37.5. The van der Waals surface area contributed by atoms with E-state index in [2.05, 4.69) is 0 Å². The number of carbonyl (C=O) groups excluding carboxylic acids is 4. The summed E-state index contributed by atoms with van der Waals surface area (Å²) in [6, 6.07) is 32.1. The molecule has 0 aliphatic carbocycles. The van der Waals surface area contributed by atoms with Gasteiger partial charge in [0.1, 0.15) is 6.10 Å². The second-order valence-electron chi connectivity index (χ2n) is 12.5. The number of aliphatic hydroxyl groups is 2. The van der Waals surface area contributed by atoms with E-state index < -0.39 is 85.3 Å². The molecule has 2 fully saturated rings. The van der Waals surface area contributed by atoms with Crippen LogP contribution in [0.3, 0.4) is 0 Å². The van der Waals surface area contributed by atoms with Crippen molar-refractivity contribution in [2.75, 3.05) is 0 Å². The first kappa shape index (κ1) is 37.3. The molecule has 0 aromatic heterocycles. The van der Waals surface area contributed by atoms with Crippen LogP contribution in [-0.4, -0.2) is 95.5 Å². The molecule has 13 heteroatoms. The number of aliphatic hydroxyl groups excluding tert-OH is 2. The van der Waals surface area contributed by atoms with E-state index in [0.29, 0.717) is 0 Å². The van der Waals surface area contributed by atoms with Crippen LogP contribution >= 0.6 is 0 Å². The third-order valence-corrected chi connectivity index (χ3v) is 8.80. The van der Waals surface area contributed by atoms with Gasteiger partial charge in [-0.25, -0.2) is 19.2 Å². The topological polar surface area (TPSA) is 173 Å². The van der Waals surface area contributed by atoms with Gasteiger partial charge in [0.15, 0.2) is 43.1 Å². The summed E-state index contributed by atoms with van der Waals surface area (Å²) in [6.07, 6.45) is -14.8. The summed E-state index contributed by atoms with van der Waals surface area (Å²) < 4.78 is 41.2. The number of hydrogen-bond donors (Lipinski definition) is 2. The average Bonchev–Trinajstić information content (AvgIpc) is 3.18. The van der Waals surface area contributed by atoms with Gasteiger partial charge >= 0.3 is 23.9 Å². The van der Waals surface area contributed by atoms with Crippen molar-refractivity contribution in [1.29, 1.82) is 0 Å². The fourth-order valence-electron chi connectivity index (χ4n) is 6.04. The number of ether oxygens (including phenoxy) is 7. The number of esters is 4. The first-order valence-corrected chi connectivity index (χ1v) is 17.0. The Morgan fingerprint density at radius 3 is 1.21 bits per heavy atom. The molecule has 0 spiro atoms. The Morgan fingerprint density at radius 1 is 0.453 bits per heavy atom. The molecule has 2 saturated heterocycles. The van der Waals surface area contributed by atoms with Gasteiger partial charge in [0.05, 0.1) is 34.5 Å². The predicted octanol–water partition coefficient (Wildman–Crippen LogP) is 4.12. The van der Waals surface area contributed by atoms with Gasteiger partial charge in [-0.05, 0) is 62.4 Å². The molecule has 13 nitrogen and oxygen atoms in total. The molecule has 4 aromatic carbocycles. The zero-order valence-corrected chi connectivity index (χ0v) is 28.7. The lowest BCUT2D eigenvalue weighted by Gasteiger charge is -2.47. The highest BCUT2D eigenvalue weighted by atomic mass is 16.8. The van der Waals surface area contributed by atoms with Crippen LogP contribution < -0.4 is 0 Å². The van der Waals surface area contributed by atoms with Crippen LogP contribution in [0.25, 0.3) is 0 Å². The van der Waals surface area contributed by atoms with E-state index >= 15 is 0 Å². The molecule has 0 bridgehead atoms.